The van der Waals surface area contributed by atoms with Crippen LogP contribution in [0.5, 0.6) is 0 Å². The van der Waals surface area contributed by atoms with E-state index >= 15 is 0 Å². The molecule has 1 amide bonds. The maximum Gasteiger partial charge on any atom is 0.221 e. The van der Waals surface area contributed by atoms with Gasteiger partial charge in [-0.3, -0.25) is 4.79 Å². The monoisotopic (exact) mass is 161 g/mol. The number of hydrogen-bond donors (Lipinski definition) is 1. The number of terminal acetylenes is 1. The molecule has 0 saturated heterocycles. The summed E-state index contributed by atoms with van der Waals surface area (Å²) in [6.07, 6.45) is 8.33. The SMILES string of the molecule is C#C.NC(=O)Cc1ccccc1. The molecule has 0 spiro atoms. The van der Waals surface area contributed by atoms with Gasteiger partial charge in [0.15, 0.2) is 0 Å². The molecule has 0 aromatic heterocycles. The lowest BCUT2D eigenvalue weighted by Gasteiger charge is -1.93. The van der Waals surface area contributed by atoms with Gasteiger partial charge in [0.1, 0.15) is 0 Å². The number of rotatable bonds is 2. The lowest BCUT2D eigenvalue weighted by molar-refractivity contribution is -0.117. The molecule has 62 valence electrons. The quantitative estimate of drug-likeness (QED) is 0.645. The van der Waals surface area contributed by atoms with Gasteiger partial charge in [0.2, 0.25) is 5.91 Å². The Balaban J connectivity index is 0.000000561. The first-order valence-electron chi connectivity index (χ1n) is 3.44. The predicted octanol–water partition coefficient (Wildman–Crippen LogP) is 0.964. The second kappa shape index (κ2) is 5.99. The van der Waals surface area contributed by atoms with Crippen molar-refractivity contribution in [1.29, 1.82) is 0 Å². The van der Waals surface area contributed by atoms with Crippen LogP contribution < -0.4 is 5.73 Å². The number of benzene rings is 1. The Morgan fingerprint density at radius 3 is 2.17 bits per heavy atom. The lowest BCUT2D eigenvalue weighted by Crippen LogP contribution is -2.13. The average molecular weight is 161 g/mol. The first-order chi connectivity index (χ1) is 5.79. The Bertz CT molecular complexity index is 251. The molecule has 0 aliphatic heterocycles. The molecule has 0 bridgehead atoms. The van der Waals surface area contributed by atoms with Gasteiger partial charge in [0.25, 0.3) is 0 Å². The molecule has 0 atom stereocenters. The summed E-state index contributed by atoms with van der Waals surface area (Å²) in [4.78, 5) is 10.4. The van der Waals surface area contributed by atoms with E-state index in [9.17, 15) is 4.79 Å². The third-order valence-electron chi connectivity index (χ3n) is 1.22. The smallest absolute Gasteiger partial charge is 0.221 e. The number of carbonyl (C=O) groups is 1. The minimum Gasteiger partial charge on any atom is -0.369 e. The van der Waals surface area contributed by atoms with Crippen LogP contribution in [0.15, 0.2) is 30.3 Å². The van der Waals surface area contributed by atoms with Crippen molar-refractivity contribution >= 4 is 5.91 Å². The molecule has 1 aromatic rings. The molecular formula is C10H11NO. The minimum atomic E-state index is -0.286. The summed E-state index contributed by atoms with van der Waals surface area (Å²) in [5, 5.41) is 0. The van der Waals surface area contributed by atoms with Crippen LogP contribution in [0.1, 0.15) is 5.56 Å². The summed E-state index contributed by atoms with van der Waals surface area (Å²) in [6, 6.07) is 9.44. The average Bonchev–Trinajstić information content (AvgIpc) is 2.08. The Morgan fingerprint density at radius 2 is 1.75 bits per heavy atom. The van der Waals surface area contributed by atoms with Crippen LogP contribution in [0.3, 0.4) is 0 Å². The van der Waals surface area contributed by atoms with E-state index in [0.717, 1.165) is 5.56 Å². The molecule has 12 heavy (non-hydrogen) atoms. The van der Waals surface area contributed by atoms with Crippen molar-refractivity contribution in [2.75, 3.05) is 0 Å². The summed E-state index contributed by atoms with van der Waals surface area (Å²) >= 11 is 0. The van der Waals surface area contributed by atoms with Gasteiger partial charge >= 0.3 is 0 Å². The van der Waals surface area contributed by atoms with E-state index in [1.54, 1.807) is 0 Å². The maximum atomic E-state index is 10.4. The van der Waals surface area contributed by atoms with Gasteiger partial charge in [-0.1, -0.05) is 30.3 Å². The second-order valence-electron chi connectivity index (χ2n) is 2.13. The van der Waals surface area contributed by atoms with Crippen molar-refractivity contribution in [2.24, 2.45) is 5.73 Å². The fraction of sp³-hybridized carbons (Fsp3) is 0.100. The normalized spacial score (nSPS) is 7.83. The maximum absolute atomic E-state index is 10.4. The summed E-state index contributed by atoms with van der Waals surface area (Å²) in [5.74, 6) is -0.286. The highest BCUT2D eigenvalue weighted by atomic mass is 16.1. The Hall–Kier alpha value is -1.75. The molecule has 2 N–H and O–H groups in total. The third kappa shape index (κ3) is 4.13. The van der Waals surface area contributed by atoms with E-state index < -0.39 is 0 Å². The van der Waals surface area contributed by atoms with Gasteiger partial charge < -0.3 is 5.73 Å². The van der Waals surface area contributed by atoms with Gasteiger partial charge in [0, 0.05) is 0 Å². The van der Waals surface area contributed by atoms with Crippen LogP contribution >= 0.6 is 0 Å². The van der Waals surface area contributed by atoms with Crippen LogP contribution in [0.2, 0.25) is 0 Å². The van der Waals surface area contributed by atoms with Crippen LogP contribution in [0, 0.1) is 12.8 Å². The van der Waals surface area contributed by atoms with Crippen molar-refractivity contribution in [3.8, 4) is 12.8 Å². The largest absolute Gasteiger partial charge is 0.369 e. The highest BCUT2D eigenvalue weighted by Crippen LogP contribution is 1.97. The van der Waals surface area contributed by atoms with Gasteiger partial charge in [-0.05, 0) is 5.56 Å². The summed E-state index contributed by atoms with van der Waals surface area (Å²) in [7, 11) is 0. The molecule has 0 saturated carbocycles. The summed E-state index contributed by atoms with van der Waals surface area (Å²) in [6.45, 7) is 0. The predicted molar refractivity (Wildman–Crippen MR) is 49.2 cm³/mol. The molecule has 1 rings (SSSR count). The molecule has 2 nitrogen and oxygen atoms in total. The molecule has 0 aliphatic carbocycles. The molecular weight excluding hydrogens is 150 g/mol. The van der Waals surface area contributed by atoms with Gasteiger partial charge in [-0.25, -0.2) is 0 Å². The van der Waals surface area contributed by atoms with Crippen molar-refractivity contribution in [2.45, 2.75) is 6.42 Å². The number of amides is 1. The van der Waals surface area contributed by atoms with E-state index in [-0.39, 0.29) is 5.91 Å². The standard InChI is InChI=1S/C8H9NO.C2H2/c9-8(10)6-7-4-2-1-3-5-7;1-2/h1-5H,6H2,(H2,9,10);1-2H. The minimum absolute atomic E-state index is 0.286. The zero-order chi connectivity index (χ0) is 9.40. The first kappa shape index (κ1) is 10.2. The van der Waals surface area contributed by atoms with E-state index in [4.69, 9.17) is 5.73 Å². The van der Waals surface area contributed by atoms with Crippen LogP contribution in [0.4, 0.5) is 0 Å². The Labute approximate surface area is 72.4 Å². The fourth-order valence-electron chi connectivity index (χ4n) is 0.797. The molecule has 0 fully saturated rings. The van der Waals surface area contributed by atoms with Crippen LogP contribution in [-0.4, -0.2) is 5.91 Å². The topological polar surface area (TPSA) is 43.1 Å². The fourth-order valence-corrected chi connectivity index (χ4v) is 0.797. The van der Waals surface area contributed by atoms with E-state index in [0.29, 0.717) is 6.42 Å². The van der Waals surface area contributed by atoms with Crippen molar-refractivity contribution in [3.63, 3.8) is 0 Å². The van der Waals surface area contributed by atoms with Gasteiger partial charge in [-0.2, -0.15) is 0 Å². The van der Waals surface area contributed by atoms with Crippen LogP contribution in [0.25, 0.3) is 0 Å². The molecule has 0 heterocycles. The highest BCUT2D eigenvalue weighted by molar-refractivity contribution is 5.76. The van der Waals surface area contributed by atoms with E-state index in [1.165, 1.54) is 0 Å². The molecule has 2 heteroatoms. The number of hydrogen-bond acceptors (Lipinski definition) is 1. The van der Waals surface area contributed by atoms with Crippen molar-refractivity contribution < 1.29 is 4.79 Å². The molecule has 0 aliphatic rings. The lowest BCUT2D eigenvalue weighted by atomic mass is 10.1. The van der Waals surface area contributed by atoms with Gasteiger partial charge in [0.05, 0.1) is 6.42 Å². The third-order valence-corrected chi connectivity index (χ3v) is 1.22. The number of primary amides is 1. The molecule has 1 aromatic carbocycles. The highest BCUT2D eigenvalue weighted by Gasteiger charge is 1.94. The van der Waals surface area contributed by atoms with Crippen molar-refractivity contribution in [1.82, 2.24) is 0 Å². The van der Waals surface area contributed by atoms with Crippen LogP contribution in [-0.2, 0) is 11.2 Å². The first-order valence-corrected chi connectivity index (χ1v) is 3.44. The summed E-state index contributed by atoms with van der Waals surface area (Å²) in [5.41, 5.74) is 5.95. The zero-order valence-corrected chi connectivity index (χ0v) is 6.73. The molecule has 0 unspecified atom stereocenters. The van der Waals surface area contributed by atoms with Gasteiger partial charge in [-0.15, -0.1) is 12.8 Å². The number of carbonyl (C=O) groups excluding carboxylic acids is 1. The molecule has 0 radical (unpaired) electrons. The van der Waals surface area contributed by atoms with Crippen molar-refractivity contribution in [3.05, 3.63) is 35.9 Å². The number of nitrogens with two attached hydrogens (primary N) is 1. The van der Waals surface area contributed by atoms with E-state index in [2.05, 4.69) is 12.8 Å². The Morgan fingerprint density at radius 1 is 1.25 bits per heavy atom. The second-order valence-corrected chi connectivity index (χ2v) is 2.13. The summed E-state index contributed by atoms with van der Waals surface area (Å²) < 4.78 is 0. The zero-order valence-electron chi connectivity index (χ0n) is 6.73. The Kier molecular flexibility index (Phi) is 5.12. The van der Waals surface area contributed by atoms with E-state index in [1.807, 2.05) is 30.3 Å².